The molecule has 1 rings (SSSR count). The number of aromatic nitrogens is 1. The number of alkyl halides is 1. The normalized spacial score (nSPS) is 10.1. The zero-order valence-electron chi connectivity index (χ0n) is 8.05. The van der Waals surface area contributed by atoms with Gasteiger partial charge in [-0.25, -0.2) is 0 Å². The largest absolute Gasteiger partial charge is 0.359 e. The van der Waals surface area contributed by atoms with Crippen molar-refractivity contribution in [2.24, 2.45) is 0 Å². The molecule has 0 aliphatic rings. The second-order valence-electron chi connectivity index (χ2n) is 3.00. The summed E-state index contributed by atoms with van der Waals surface area (Å²) in [4.78, 5) is 11.2. The van der Waals surface area contributed by atoms with Gasteiger partial charge in [-0.05, 0) is 13.3 Å². The third-order valence-electron chi connectivity index (χ3n) is 1.67. The molecular formula is C9H13ClN2O2. The van der Waals surface area contributed by atoms with Crippen molar-refractivity contribution in [2.75, 3.05) is 5.88 Å². The van der Waals surface area contributed by atoms with Gasteiger partial charge in [0, 0.05) is 18.4 Å². The summed E-state index contributed by atoms with van der Waals surface area (Å²) in [7, 11) is 0. The third kappa shape index (κ3) is 3.79. The van der Waals surface area contributed by atoms with Crippen LogP contribution in [0.25, 0.3) is 0 Å². The number of nitrogens with one attached hydrogen (secondary N) is 1. The molecule has 0 radical (unpaired) electrons. The number of rotatable bonds is 5. The Morgan fingerprint density at radius 3 is 3.07 bits per heavy atom. The molecule has 0 saturated heterocycles. The average molecular weight is 217 g/mol. The van der Waals surface area contributed by atoms with Crippen LogP contribution in [0.2, 0.25) is 0 Å². The van der Waals surface area contributed by atoms with Crippen LogP contribution in [0.15, 0.2) is 10.6 Å². The van der Waals surface area contributed by atoms with Crippen molar-refractivity contribution in [2.45, 2.75) is 26.3 Å². The summed E-state index contributed by atoms with van der Waals surface area (Å²) in [6.07, 6.45) is 1.15. The minimum Gasteiger partial charge on any atom is -0.359 e. The second-order valence-corrected chi connectivity index (χ2v) is 3.38. The van der Waals surface area contributed by atoms with Gasteiger partial charge in [0.2, 0.25) is 5.91 Å². The number of aryl methyl sites for hydroxylation is 1. The highest BCUT2D eigenvalue weighted by molar-refractivity contribution is 6.17. The number of hydrogen-bond acceptors (Lipinski definition) is 3. The fourth-order valence-corrected chi connectivity index (χ4v) is 1.13. The number of nitrogens with zero attached hydrogens (tertiary/aromatic N) is 1. The van der Waals surface area contributed by atoms with E-state index in [0.717, 1.165) is 5.69 Å². The van der Waals surface area contributed by atoms with Crippen LogP contribution in [-0.2, 0) is 11.3 Å². The van der Waals surface area contributed by atoms with E-state index in [1.54, 1.807) is 6.07 Å². The number of halogens is 1. The molecule has 0 aliphatic heterocycles. The Morgan fingerprint density at radius 2 is 2.50 bits per heavy atom. The van der Waals surface area contributed by atoms with E-state index >= 15 is 0 Å². The van der Waals surface area contributed by atoms with Crippen LogP contribution in [-0.4, -0.2) is 16.9 Å². The van der Waals surface area contributed by atoms with E-state index in [4.69, 9.17) is 16.1 Å². The molecule has 0 fully saturated rings. The van der Waals surface area contributed by atoms with Gasteiger partial charge in [-0.3, -0.25) is 4.79 Å². The molecule has 1 amide bonds. The molecule has 78 valence electrons. The van der Waals surface area contributed by atoms with E-state index in [-0.39, 0.29) is 5.91 Å². The fraction of sp³-hybridized carbons (Fsp3) is 0.556. The van der Waals surface area contributed by atoms with E-state index in [0.29, 0.717) is 31.0 Å². The Labute approximate surface area is 87.6 Å². The van der Waals surface area contributed by atoms with Crippen molar-refractivity contribution in [3.8, 4) is 0 Å². The molecule has 1 aromatic heterocycles. The van der Waals surface area contributed by atoms with Crippen molar-refractivity contribution in [3.05, 3.63) is 17.5 Å². The highest BCUT2D eigenvalue weighted by Gasteiger charge is 2.03. The maximum absolute atomic E-state index is 11.2. The smallest absolute Gasteiger partial charge is 0.220 e. The van der Waals surface area contributed by atoms with Gasteiger partial charge in [0.05, 0.1) is 12.2 Å². The maximum atomic E-state index is 11.2. The van der Waals surface area contributed by atoms with Crippen LogP contribution >= 0.6 is 11.6 Å². The summed E-state index contributed by atoms with van der Waals surface area (Å²) in [5, 5.41) is 6.43. The molecular weight excluding hydrogens is 204 g/mol. The van der Waals surface area contributed by atoms with E-state index < -0.39 is 0 Å². The summed E-state index contributed by atoms with van der Waals surface area (Å²) in [6, 6.07) is 1.79. The van der Waals surface area contributed by atoms with E-state index in [1.165, 1.54) is 0 Å². The number of carbonyl (C=O) groups excluding carboxylic acids is 1. The topological polar surface area (TPSA) is 55.1 Å². The van der Waals surface area contributed by atoms with Gasteiger partial charge < -0.3 is 9.84 Å². The Morgan fingerprint density at radius 1 is 1.71 bits per heavy atom. The fourth-order valence-electron chi connectivity index (χ4n) is 1.00. The van der Waals surface area contributed by atoms with Crippen molar-refractivity contribution in [1.82, 2.24) is 10.5 Å². The first-order valence-electron chi connectivity index (χ1n) is 4.47. The predicted molar refractivity (Wildman–Crippen MR) is 53.0 cm³/mol. The summed E-state index contributed by atoms with van der Waals surface area (Å²) in [5.74, 6) is 1.16. The molecule has 5 heteroatoms. The maximum Gasteiger partial charge on any atom is 0.220 e. The SMILES string of the molecule is Cc1cc(CNC(=O)CCCCl)on1. The Balaban J connectivity index is 2.23. The van der Waals surface area contributed by atoms with Gasteiger partial charge in [-0.2, -0.15) is 0 Å². The van der Waals surface area contributed by atoms with E-state index in [9.17, 15) is 4.79 Å². The molecule has 4 nitrogen and oxygen atoms in total. The predicted octanol–water partition coefficient (Wildman–Crippen LogP) is 1.62. The molecule has 0 atom stereocenters. The van der Waals surface area contributed by atoms with Gasteiger partial charge >= 0.3 is 0 Å². The summed E-state index contributed by atoms with van der Waals surface area (Å²) in [5.41, 5.74) is 0.815. The molecule has 1 N–H and O–H groups in total. The minimum atomic E-state index is -0.0142. The molecule has 1 heterocycles. The highest BCUT2D eigenvalue weighted by atomic mass is 35.5. The van der Waals surface area contributed by atoms with Crippen molar-refractivity contribution < 1.29 is 9.32 Å². The molecule has 0 aromatic carbocycles. The third-order valence-corrected chi connectivity index (χ3v) is 1.94. The van der Waals surface area contributed by atoms with Gasteiger partial charge in [0.15, 0.2) is 5.76 Å². The first-order valence-corrected chi connectivity index (χ1v) is 5.00. The molecule has 0 aliphatic carbocycles. The summed E-state index contributed by atoms with van der Waals surface area (Å²) in [6.45, 7) is 2.23. The molecule has 1 aromatic rings. The lowest BCUT2D eigenvalue weighted by atomic mass is 10.3. The lowest BCUT2D eigenvalue weighted by molar-refractivity contribution is -0.121. The van der Waals surface area contributed by atoms with Crippen molar-refractivity contribution in [3.63, 3.8) is 0 Å². The molecule has 0 bridgehead atoms. The molecule has 14 heavy (non-hydrogen) atoms. The first kappa shape index (κ1) is 11.0. The lowest BCUT2D eigenvalue weighted by Gasteiger charge is -2.00. The Bertz CT molecular complexity index is 299. The monoisotopic (exact) mass is 216 g/mol. The second kappa shape index (κ2) is 5.65. The van der Waals surface area contributed by atoms with Crippen molar-refractivity contribution >= 4 is 17.5 Å². The Kier molecular flexibility index (Phi) is 4.46. The van der Waals surface area contributed by atoms with E-state index in [2.05, 4.69) is 10.5 Å². The summed E-state index contributed by atoms with van der Waals surface area (Å²) >= 11 is 5.46. The van der Waals surface area contributed by atoms with Gasteiger partial charge in [-0.15, -0.1) is 11.6 Å². The first-order chi connectivity index (χ1) is 6.72. The van der Waals surface area contributed by atoms with Crippen LogP contribution in [0.4, 0.5) is 0 Å². The van der Waals surface area contributed by atoms with Crippen molar-refractivity contribution in [1.29, 1.82) is 0 Å². The number of carbonyl (C=O) groups is 1. The van der Waals surface area contributed by atoms with Crippen LogP contribution in [0.1, 0.15) is 24.3 Å². The molecule has 0 spiro atoms. The standard InChI is InChI=1S/C9H13ClN2O2/c1-7-5-8(14-12-7)6-11-9(13)3-2-4-10/h5H,2-4,6H2,1H3,(H,11,13). The number of amides is 1. The van der Waals surface area contributed by atoms with Crippen LogP contribution < -0.4 is 5.32 Å². The summed E-state index contributed by atoms with van der Waals surface area (Å²) < 4.78 is 4.93. The van der Waals surface area contributed by atoms with Gasteiger partial charge in [0.1, 0.15) is 0 Å². The van der Waals surface area contributed by atoms with Gasteiger partial charge in [-0.1, -0.05) is 5.16 Å². The molecule has 0 unspecified atom stereocenters. The lowest BCUT2D eigenvalue weighted by Crippen LogP contribution is -2.22. The minimum absolute atomic E-state index is 0.0142. The Hall–Kier alpha value is -1.03. The van der Waals surface area contributed by atoms with Crippen LogP contribution in [0.3, 0.4) is 0 Å². The van der Waals surface area contributed by atoms with Crippen LogP contribution in [0, 0.1) is 6.92 Å². The highest BCUT2D eigenvalue weighted by Crippen LogP contribution is 2.01. The van der Waals surface area contributed by atoms with Gasteiger partial charge in [0.25, 0.3) is 0 Å². The number of hydrogen-bond donors (Lipinski definition) is 1. The van der Waals surface area contributed by atoms with E-state index in [1.807, 2.05) is 6.92 Å². The quantitative estimate of drug-likeness (QED) is 0.761. The van der Waals surface area contributed by atoms with Crippen LogP contribution in [0.5, 0.6) is 0 Å². The average Bonchev–Trinajstić information content (AvgIpc) is 2.58. The zero-order chi connectivity index (χ0) is 10.4. The zero-order valence-corrected chi connectivity index (χ0v) is 8.80. The molecule has 0 saturated carbocycles.